The highest BCUT2D eigenvalue weighted by Gasteiger charge is 2.30. The molecule has 1 aliphatic rings. The molecule has 1 aromatic carbocycles. The van der Waals surface area contributed by atoms with Gasteiger partial charge in [-0.25, -0.2) is 8.78 Å². The first kappa shape index (κ1) is 12.0. The van der Waals surface area contributed by atoms with Gasteiger partial charge >= 0.3 is 0 Å². The molecule has 2 N–H and O–H groups in total. The second kappa shape index (κ2) is 4.79. The van der Waals surface area contributed by atoms with E-state index in [0.29, 0.717) is 19.4 Å². The molecule has 92 valence electrons. The molecule has 17 heavy (non-hydrogen) atoms. The molecular formula is C12H14F2N2O. The molecule has 0 radical (unpaired) electrons. The molecule has 0 bridgehead atoms. The maximum absolute atomic E-state index is 13.5. The third-order valence-corrected chi connectivity index (χ3v) is 3.10. The van der Waals surface area contributed by atoms with Crippen molar-refractivity contribution in [2.24, 2.45) is 5.73 Å². The number of hydrogen-bond donors (Lipinski definition) is 1. The molecular weight excluding hydrogens is 226 g/mol. The minimum Gasteiger partial charge on any atom is -0.334 e. The molecule has 1 amide bonds. The van der Waals surface area contributed by atoms with Crippen molar-refractivity contribution >= 4 is 5.91 Å². The number of halogens is 2. The molecule has 1 heterocycles. The van der Waals surface area contributed by atoms with Crippen LogP contribution in [0.5, 0.6) is 0 Å². The zero-order valence-corrected chi connectivity index (χ0v) is 9.33. The predicted octanol–water partition coefficient (Wildman–Crippen LogP) is 1.41. The average Bonchev–Trinajstić information content (AvgIpc) is 2.66. The fourth-order valence-corrected chi connectivity index (χ4v) is 2.11. The van der Waals surface area contributed by atoms with Gasteiger partial charge in [-0.05, 0) is 12.5 Å². The standard InChI is InChI=1S/C12H14F2N2O/c13-10-3-1-2-8(12(10)14)7-16-9(6-15)4-5-11(16)17/h1-3,9H,4-7,15H2. The van der Waals surface area contributed by atoms with E-state index in [1.165, 1.54) is 17.0 Å². The van der Waals surface area contributed by atoms with E-state index in [0.717, 1.165) is 6.07 Å². The lowest BCUT2D eigenvalue weighted by atomic mass is 10.1. The van der Waals surface area contributed by atoms with Gasteiger partial charge in [0.2, 0.25) is 5.91 Å². The topological polar surface area (TPSA) is 46.3 Å². The zero-order chi connectivity index (χ0) is 12.4. The van der Waals surface area contributed by atoms with Crippen molar-refractivity contribution in [1.29, 1.82) is 0 Å². The van der Waals surface area contributed by atoms with Crippen LogP contribution in [0.3, 0.4) is 0 Å². The van der Waals surface area contributed by atoms with Crippen LogP contribution in [0.4, 0.5) is 8.78 Å². The SMILES string of the molecule is NCC1CCC(=O)N1Cc1cccc(F)c1F. The largest absolute Gasteiger partial charge is 0.334 e. The summed E-state index contributed by atoms with van der Waals surface area (Å²) in [5.41, 5.74) is 5.74. The molecule has 1 atom stereocenters. The van der Waals surface area contributed by atoms with Crippen molar-refractivity contribution in [3.05, 3.63) is 35.4 Å². The van der Waals surface area contributed by atoms with Crippen molar-refractivity contribution in [1.82, 2.24) is 4.90 Å². The van der Waals surface area contributed by atoms with Gasteiger partial charge in [-0.2, -0.15) is 0 Å². The molecule has 1 aliphatic heterocycles. The molecule has 1 unspecified atom stereocenters. The Hall–Kier alpha value is -1.49. The van der Waals surface area contributed by atoms with Crippen LogP contribution in [-0.2, 0) is 11.3 Å². The minimum absolute atomic E-state index is 0.0517. The third-order valence-electron chi connectivity index (χ3n) is 3.10. The normalized spacial score (nSPS) is 20.1. The summed E-state index contributed by atoms with van der Waals surface area (Å²) in [5, 5.41) is 0. The van der Waals surface area contributed by atoms with E-state index >= 15 is 0 Å². The molecule has 0 saturated carbocycles. The molecule has 1 aromatic rings. The van der Waals surface area contributed by atoms with E-state index in [-0.39, 0.29) is 24.1 Å². The third kappa shape index (κ3) is 2.29. The maximum Gasteiger partial charge on any atom is 0.223 e. The average molecular weight is 240 g/mol. The van der Waals surface area contributed by atoms with E-state index in [1.54, 1.807) is 0 Å². The zero-order valence-electron chi connectivity index (χ0n) is 9.33. The monoisotopic (exact) mass is 240 g/mol. The molecule has 3 nitrogen and oxygen atoms in total. The summed E-state index contributed by atoms with van der Waals surface area (Å²) in [6, 6.07) is 3.92. The maximum atomic E-state index is 13.5. The van der Waals surface area contributed by atoms with Crippen LogP contribution in [-0.4, -0.2) is 23.4 Å². The number of nitrogens with zero attached hydrogens (tertiary/aromatic N) is 1. The highest BCUT2D eigenvalue weighted by Crippen LogP contribution is 2.22. The molecule has 0 aromatic heterocycles. The Morgan fingerprint density at radius 3 is 2.88 bits per heavy atom. The van der Waals surface area contributed by atoms with Crippen LogP contribution < -0.4 is 5.73 Å². The van der Waals surface area contributed by atoms with Gasteiger partial charge in [-0.3, -0.25) is 4.79 Å². The van der Waals surface area contributed by atoms with Crippen molar-refractivity contribution in [2.75, 3.05) is 6.54 Å². The van der Waals surface area contributed by atoms with Crippen LogP contribution >= 0.6 is 0 Å². The Bertz CT molecular complexity index is 437. The van der Waals surface area contributed by atoms with E-state index in [2.05, 4.69) is 0 Å². The number of benzene rings is 1. The fourth-order valence-electron chi connectivity index (χ4n) is 2.11. The highest BCUT2D eigenvalue weighted by molar-refractivity contribution is 5.78. The summed E-state index contributed by atoms with van der Waals surface area (Å²) in [6.45, 7) is 0.437. The van der Waals surface area contributed by atoms with Crippen molar-refractivity contribution in [3.63, 3.8) is 0 Å². The fraction of sp³-hybridized carbons (Fsp3) is 0.417. The number of carbonyl (C=O) groups excluding carboxylic acids is 1. The Kier molecular flexibility index (Phi) is 3.38. The summed E-state index contributed by atoms with van der Waals surface area (Å²) in [7, 11) is 0. The summed E-state index contributed by atoms with van der Waals surface area (Å²) < 4.78 is 26.5. The molecule has 0 aliphatic carbocycles. The van der Waals surface area contributed by atoms with Crippen molar-refractivity contribution < 1.29 is 13.6 Å². The van der Waals surface area contributed by atoms with Gasteiger partial charge in [0.25, 0.3) is 0 Å². The first-order chi connectivity index (χ1) is 8.13. The van der Waals surface area contributed by atoms with E-state index in [1.807, 2.05) is 0 Å². The van der Waals surface area contributed by atoms with Gasteiger partial charge in [-0.15, -0.1) is 0 Å². The number of carbonyl (C=O) groups is 1. The number of hydrogen-bond acceptors (Lipinski definition) is 2. The predicted molar refractivity (Wildman–Crippen MR) is 59.0 cm³/mol. The first-order valence-corrected chi connectivity index (χ1v) is 5.56. The van der Waals surface area contributed by atoms with Gasteiger partial charge in [0, 0.05) is 31.1 Å². The number of rotatable bonds is 3. The van der Waals surface area contributed by atoms with E-state index in [9.17, 15) is 13.6 Å². The van der Waals surface area contributed by atoms with Crippen LogP contribution in [0.2, 0.25) is 0 Å². The lowest BCUT2D eigenvalue weighted by molar-refractivity contribution is -0.129. The van der Waals surface area contributed by atoms with Gasteiger partial charge in [0.05, 0.1) is 0 Å². The summed E-state index contributed by atoms with van der Waals surface area (Å²) in [6.07, 6.45) is 1.12. The number of nitrogens with two attached hydrogens (primary N) is 1. The number of amides is 1. The summed E-state index contributed by atoms with van der Waals surface area (Å²) >= 11 is 0. The van der Waals surface area contributed by atoms with Crippen LogP contribution in [0, 0.1) is 11.6 Å². The quantitative estimate of drug-likeness (QED) is 0.868. The number of likely N-dealkylation sites (tertiary alicyclic amines) is 1. The second-order valence-corrected chi connectivity index (χ2v) is 4.16. The molecule has 0 spiro atoms. The van der Waals surface area contributed by atoms with E-state index in [4.69, 9.17) is 5.73 Å². The van der Waals surface area contributed by atoms with Crippen LogP contribution in [0.25, 0.3) is 0 Å². The first-order valence-electron chi connectivity index (χ1n) is 5.56. The molecule has 1 saturated heterocycles. The van der Waals surface area contributed by atoms with E-state index < -0.39 is 11.6 Å². The van der Waals surface area contributed by atoms with Crippen LogP contribution in [0.15, 0.2) is 18.2 Å². The second-order valence-electron chi connectivity index (χ2n) is 4.16. The lowest BCUT2D eigenvalue weighted by Gasteiger charge is -2.23. The minimum atomic E-state index is -0.890. The molecule has 5 heteroatoms. The Balaban J connectivity index is 2.20. The highest BCUT2D eigenvalue weighted by atomic mass is 19.2. The van der Waals surface area contributed by atoms with Crippen LogP contribution in [0.1, 0.15) is 18.4 Å². The summed E-state index contributed by atoms with van der Waals surface area (Å²) in [4.78, 5) is 13.1. The van der Waals surface area contributed by atoms with Crippen molar-refractivity contribution in [2.45, 2.75) is 25.4 Å². The molecule has 2 rings (SSSR count). The van der Waals surface area contributed by atoms with Gasteiger partial charge in [-0.1, -0.05) is 12.1 Å². The Morgan fingerprint density at radius 2 is 2.18 bits per heavy atom. The van der Waals surface area contributed by atoms with Gasteiger partial charge in [0.15, 0.2) is 11.6 Å². The van der Waals surface area contributed by atoms with Gasteiger partial charge < -0.3 is 10.6 Å². The Morgan fingerprint density at radius 1 is 1.41 bits per heavy atom. The van der Waals surface area contributed by atoms with Gasteiger partial charge in [0.1, 0.15) is 0 Å². The molecule has 1 fully saturated rings. The Labute approximate surface area is 98.2 Å². The van der Waals surface area contributed by atoms with Crippen molar-refractivity contribution in [3.8, 4) is 0 Å². The summed E-state index contributed by atoms with van der Waals surface area (Å²) in [5.74, 6) is -1.83. The lowest BCUT2D eigenvalue weighted by Crippen LogP contribution is -2.37. The smallest absolute Gasteiger partial charge is 0.223 e.